The Morgan fingerprint density at radius 1 is 1.25 bits per heavy atom. The third-order valence-electron chi connectivity index (χ3n) is 4.18. The van der Waals surface area contributed by atoms with Gasteiger partial charge in [0.05, 0.1) is 13.2 Å². The third-order valence-corrected chi connectivity index (χ3v) is 4.18. The van der Waals surface area contributed by atoms with Crippen molar-refractivity contribution in [3.63, 3.8) is 0 Å². The van der Waals surface area contributed by atoms with E-state index < -0.39 is 0 Å². The van der Waals surface area contributed by atoms with E-state index in [1.807, 2.05) is 32.0 Å². The van der Waals surface area contributed by atoms with Crippen LogP contribution in [0.1, 0.15) is 18.1 Å². The van der Waals surface area contributed by atoms with Crippen LogP contribution in [0.4, 0.5) is 5.69 Å². The number of ether oxygens (including phenoxy) is 1. The quantitative estimate of drug-likeness (QED) is 0.847. The molecule has 1 aromatic carbocycles. The Balaban J connectivity index is 1.87. The van der Waals surface area contributed by atoms with E-state index in [9.17, 15) is 9.59 Å². The van der Waals surface area contributed by atoms with Crippen LogP contribution in [-0.2, 0) is 14.3 Å². The van der Waals surface area contributed by atoms with Crippen LogP contribution >= 0.6 is 0 Å². The van der Waals surface area contributed by atoms with Crippen molar-refractivity contribution in [2.45, 2.75) is 20.8 Å². The van der Waals surface area contributed by atoms with Crippen molar-refractivity contribution in [3.8, 4) is 0 Å². The first-order valence-electron chi connectivity index (χ1n) is 8.39. The highest BCUT2D eigenvalue weighted by molar-refractivity contribution is 5.98. The number of hydrogen-bond acceptors (Lipinski definition) is 4. The van der Waals surface area contributed by atoms with Gasteiger partial charge in [0.2, 0.25) is 11.8 Å². The van der Waals surface area contributed by atoms with E-state index in [-0.39, 0.29) is 18.4 Å². The van der Waals surface area contributed by atoms with Crippen molar-refractivity contribution in [1.29, 1.82) is 0 Å². The Kier molecular flexibility index (Phi) is 6.75. The monoisotopic (exact) mass is 333 g/mol. The Hall–Kier alpha value is -1.92. The second-order valence-electron chi connectivity index (χ2n) is 6.20. The molecule has 132 valence electrons. The molecular formula is C18H27N3O3. The summed E-state index contributed by atoms with van der Waals surface area (Å²) >= 11 is 0. The number of nitrogens with one attached hydrogen (secondary N) is 1. The average molecular weight is 333 g/mol. The highest BCUT2D eigenvalue weighted by atomic mass is 16.5. The standard InChI is InChI=1S/C18H27N3O3/c1-14-4-5-17(15(2)12-14)21(16(3)22)13-18(23)19-6-7-20-8-10-24-11-9-20/h4-5,12H,6-11,13H2,1-3H3,(H,19,23). The summed E-state index contributed by atoms with van der Waals surface area (Å²) in [7, 11) is 0. The molecule has 24 heavy (non-hydrogen) atoms. The molecule has 6 heteroatoms. The second-order valence-corrected chi connectivity index (χ2v) is 6.20. The summed E-state index contributed by atoms with van der Waals surface area (Å²) in [4.78, 5) is 28.0. The largest absolute Gasteiger partial charge is 0.379 e. The summed E-state index contributed by atoms with van der Waals surface area (Å²) in [5.41, 5.74) is 2.91. The van der Waals surface area contributed by atoms with Crippen molar-refractivity contribution in [1.82, 2.24) is 10.2 Å². The van der Waals surface area contributed by atoms with Crippen LogP contribution in [0.25, 0.3) is 0 Å². The number of carbonyl (C=O) groups excluding carboxylic acids is 2. The van der Waals surface area contributed by atoms with Gasteiger partial charge in [0, 0.05) is 38.8 Å². The number of carbonyl (C=O) groups is 2. The SMILES string of the molecule is CC(=O)N(CC(=O)NCCN1CCOCC1)c1ccc(C)cc1C. The molecule has 0 unspecified atom stereocenters. The molecule has 1 N–H and O–H groups in total. The first kappa shape index (κ1) is 18.4. The van der Waals surface area contributed by atoms with Gasteiger partial charge < -0.3 is 15.0 Å². The van der Waals surface area contributed by atoms with Crippen LogP contribution in [-0.4, -0.2) is 62.7 Å². The van der Waals surface area contributed by atoms with Gasteiger partial charge in [-0.25, -0.2) is 0 Å². The molecule has 0 radical (unpaired) electrons. The molecule has 2 rings (SSSR count). The number of benzene rings is 1. The van der Waals surface area contributed by atoms with E-state index in [2.05, 4.69) is 10.2 Å². The summed E-state index contributed by atoms with van der Waals surface area (Å²) in [6, 6.07) is 5.86. The van der Waals surface area contributed by atoms with Gasteiger partial charge in [-0.05, 0) is 25.5 Å². The van der Waals surface area contributed by atoms with Gasteiger partial charge in [-0.1, -0.05) is 17.7 Å². The van der Waals surface area contributed by atoms with Gasteiger partial charge in [0.15, 0.2) is 0 Å². The number of amides is 2. The molecule has 1 aliphatic rings. The van der Waals surface area contributed by atoms with Crippen molar-refractivity contribution < 1.29 is 14.3 Å². The summed E-state index contributed by atoms with van der Waals surface area (Å²) in [5, 5.41) is 2.90. The van der Waals surface area contributed by atoms with Crippen LogP contribution in [0.5, 0.6) is 0 Å². The molecular weight excluding hydrogens is 306 g/mol. The second kappa shape index (κ2) is 8.80. The maximum Gasteiger partial charge on any atom is 0.240 e. The fourth-order valence-corrected chi connectivity index (χ4v) is 2.85. The van der Waals surface area contributed by atoms with Crippen LogP contribution in [0.15, 0.2) is 18.2 Å². The molecule has 6 nitrogen and oxygen atoms in total. The van der Waals surface area contributed by atoms with E-state index >= 15 is 0 Å². The third kappa shape index (κ3) is 5.32. The number of morpholine rings is 1. The normalized spacial score (nSPS) is 15.1. The number of aryl methyl sites for hydroxylation is 2. The highest BCUT2D eigenvalue weighted by Crippen LogP contribution is 2.21. The lowest BCUT2D eigenvalue weighted by molar-refractivity contribution is -0.123. The maximum atomic E-state index is 12.2. The summed E-state index contributed by atoms with van der Waals surface area (Å²) in [6.07, 6.45) is 0. The molecule has 0 atom stereocenters. The molecule has 1 saturated heterocycles. The Labute approximate surface area is 143 Å². The molecule has 1 fully saturated rings. The predicted octanol–water partition coefficient (Wildman–Crippen LogP) is 1.10. The van der Waals surface area contributed by atoms with Crippen LogP contribution in [0.3, 0.4) is 0 Å². The van der Waals surface area contributed by atoms with Gasteiger partial charge in [-0.3, -0.25) is 14.5 Å². The van der Waals surface area contributed by atoms with Gasteiger partial charge in [0.1, 0.15) is 6.54 Å². The molecule has 0 bridgehead atoms. The summed E-state index contributed by atoms with van der Waals surface area (Å²) < 4.78 is 5.30. The zero-order valence-electron chi connectivity index (χ0n) is 14.8. The molecule has 0 aliphatic carbocycles. The molecule has 0 spiro atoms. The van der Waals surface area contributed by atoms with Crippen LogP contribution in [0, 0.1) is 13.8 Å². The fraction of sp³-hybridized carbons (Fsp3) is 0.556. The highest BCUT2D eigenvalue weighted by Gasteiger charge is 2.18. The van der Waals surface area contributed by atoms with E-state index in [1.165, 1.54) is 11.8 Å². The van der Waals surface area contributed by atoms with Gasteiger partial charge in [-0.2, -0.15) is 0 Å². The van der Waals surface area contributed by atoms with Crippen molar-refractivity contribution in [2.24, 2.45) is 0 Å². The summed E-state index contributed by atoms with van der Waals surface area (Å²) in [6.45, 7) is 10.2. The topological polar surface area (TPSA) is 61.9 Å². The molecule has 1 heterocycles. The molecule has 0 aromatic heterocycles. The molecule has 0 saturated carbocycles. The van der Waals surface area contributed by atoms with Crippen molar-refractivity contribution >= 4 is 17.5 Å². The Bertz CT molecular complexity index is 583. The predicted molar refractivity (Wildman–Crippen MR) is 94.2 cm³/mol. The Morgan fingerprint density at radius 2 is 1.96 bits per heavy atom. The maximum absolute atomic E-state index is 12.2. The van der Waals surface area contributed by atoms with E-state index in [4.69, 9.17) is 4.74 Å². The minimum Gasteiger partial charge on any atom is -0.379 e. The van der Waals surface area contributed by atoms with E-state index in [0.717, 1.165) is 49.7 Å². The lowest BCUT2D eigenvalue weighted by Gasteiger charge is -2.27. The number of hydrogen-bond donors (Lipinski definition) is 1. The van der Waals surface area contributed by atoms with Gasteiger partial charge in [-0.15, -0.1) is 0 Å². The van der Waals surface area contributed by atoms with Gasteiger partial charge >= 0.3 is 0 Å². The van der Waals surface area contributed by atoms with Crippen LogP contribution < -0.4 is 10.2 Å². The van der Waals surface area contributed by atoms with Gasteiger partial charge in [0.25, 0.3) is 0 Å². The van der Waals surface area contributed by atoms with Crippen molar-refractivity contribution in [2.75, 3.05) is 50.8 Å². The minimum atomic E-state index is -0.140. The van der Waals surface area contributed by atoms with Crippen LogP contribution in [0.2, 0.25) is 0 Å². The molecule has 2 amide bonds. The smallest absolute Gasteiger partial charge is 0.240 e. The molecule has 1 aliphatic heterocycles. The zero-order chi connectivity index (χ0) is 17.5. The zero-order valence-corrected chi connectivity index (χ0v) is 14.8. The Morgan fingerprint density at radius 3 is 2.58 bits per heavy atom. The first-order chi connectivity index (χ1) is 11.5. The number of anilines is 1. The van der Waals surface area contributed by atoms with E-state index in [1.54, 1.807) is 0 Å². The number of nitrogens with zero attached hydrogens (tertiary/aromatic N) is 2. The average Bonchev–Trinajstić information content (AvgIpc) is 2.54. The molecule has 1 aromatic rings. The number of rotatable bonds is 6. The van der Waals surface area contributed by atoms with E-state index in [0.29, 0.717) is 6.54 Å². The van der Waals surface area contributed by atoms with Crippen molar-refractivity contribution in [3.05, 3.63) is 29.3 Å². The first-order valence-corrected chi connectivity index (χ1v) is 8.39. The fourth-order valence-electron chi connectivity index (χ4n) is 2.85. The minimum absolute atomic E-state index is 0.0440. The lowest BCUT2D eigenvalue weighted by atomic mass is 10.1. The lowest BCUT2D eigenvalue weighted by Crippen LogP contribution is -2.44. The summed E-state index contributed by atoms with van der Waals surface area (Å²) in [5.74, 6) is -0.274.